The molecule has 1 aliphatic heterocycles. The van der Waals surface area contributed by atoms with Crippen molar-refractivity contribution in [3.63, 3.8) is 0 Å². The summed E-state index contributed by atoms with van der Waals surface area (Å²) in [6.07, 6.45) is 10.7. The van der Waals surface area contributed by atoms with Crippen LogP contribution in [0.3, 0.4) is 0 Å². The summed E-state index contributed by atoms with van der Waals surface area (Å²) in [5.41, 5.74) is 5.28. The fourth-order valence-corrected chi connectivity index (χ4v) is 3.18. The van der Waals surface area contributed by atoms with Gasteiger partial charge in [0.05, 0.1) is 0 Å². The van der Waals surface area contributed by atoms with Gasteiger partial charge < -0.3 is 4.90 Å². The van der Waals surface area contributed by atoms with Crippen molar-refractivity contribution in [1.82, 2.24) is 0 Å². The standard InChI is InChI=1S/C20H23N2/c1-20(2)17-9-5-6-10-18(17)22(4)19(20)11-7-8-16-12-14-21(3)15-13-16/h5-15H,1-4H3/q+1. The lowest BCUT2D eigenvalue weighted by Gasteiger charge is -2.23. The molecule has 0 saturated heterocycles. The Morgan fingerprint density at radius 1 is 1.05 bits per heavy atom. The molecule has 0 radical (unpaired) electrons. The molecule has 2 aromatic rings. The zero-order valence-corrected chi connectivity index (χ0v) is 13.7. The van der Waals surface area contributed by atoms with Crippen LogP contribution >= 0.6 is 0 Å². The maximum absolute atomic E-state index is 2.30. The van der Waals surface area contributed by atoms with Crippen LogP contribution in [0, 0.1) is 0 Å². The average Bonchev–Trinajstić information content (AvgIpc) is 2.70. The van der Waals surface area contributed by atoms with Crippen LogP contribution in [-0.4, -0.2) is 7.05 Å². The third kappa shape index (κ3) is 2.45. The Hall–Kier alpha value is -2.35. The molecule has 2 heteroatoms. The van der Waals surface area contributed by atoms with Gasteiger partial charge in [-0.2, -0.15) is 0 Å². The number of aromatic nitrogens is 1. The number of hydrogen-bond acceptors (Lipinski definition) is 1. The smallest absolute Gasteiger partial charge is 0.169 e. The molecule has 112 valence electrons. The lowest BCUT2D eigenvalue weighted by molar-refractivity contribution is -0.671. The van der Waals surface area contributed by atoms with Crippen molar-refractivity contribution in [1.29, 1.82) is 0 Å². The van der Waals surface area contributed by atoms with E-state index < -0.39 is 0 Å². The van der Waals surface area contributed by atoms with Crippen molar-refractivity contribution in [3.05, 3.63) is 77.8 Å². The first-order valence-corrected chi connectivity index (χ1v) is 7.67. The zero-order valence-electron chi connectivity index (χ0n) is 13.7. The van der Waals surface area contributed by atoms with Gasteiger partial charge in [-0.1, -0.05) is 44.2 Å². The molecule has 0 aliphatic carbocycles. The zero-order chi connectivity index (χ0) is 15.7. The van der Waals surface area contributed by atoms with Crippen LogP contribution in [0.5, 0.6) is 0 Å². The van der Waals surface area contributed by atoms with Gasteiger partial charge in [-0.25, -0.2) is 4.57 Å². The highest BCUT2D eigenvalue weighted by Gasteiger charge is 2.37. The number of pyridine rings is 1. The molecule has 0 saturated carbocycles. The SMILES string of the molecule is CN1C(=CC=Cc2cc[n+](C)cc2)C(C)(C)c2ccccc21. The van der Waals surface area contributed by atoms with Crippen molar-refractivity contribution in [2.24, 2.45) is 7.05 Å². The predicted molar refractivity (Wildman–Crippen MR) is 92.6 cm³/mol. The van der Waals surface area contributed by atoms with Crippen LogP contribution in [0.1, 0.15) is 25.0 Å². The lowest BCUT2D eigenvalue weighted by Crippen LogP contribution is -2.25. The number of likely N-dealkylation sites (N-methyl/N-ethyl adjacent to an activating group) is 1. The van der Waals surface area contributed by atoms with Gasteiger partial charge in [-0.05, 0) is 23.3 Å². The number of allylic oxidation sites excluding steroid dienone is 3. The van der Waals surface area contributed by atoms with Crippen LogP contribution in [-0.2, 0) is 12.5 Å². The molecular weight excluding hydrogens is 268 g/mol. The average molecular weight is 291 g/mol. The Labute approximate surface area is 133 Å². The molecule has 0 bridgehead atoms. The molecule has 0 N–H and O–H groups in total. The Morgan fingerprint density at radius 3 is 2.41 bits per heavy atom. The van der Waals surface area contributed by atoms with E-state index in [0.717, 1.165) is 0 Å². The Morgan fingerprint density at radius 2 is 1.73 bits per heavy atom. The van der Waals surface area contributed by atoms with Crippen molar-refractivity contribution >= 4 is 11.8 Å². The second-order valence-electron chi connectivity index (χ2n) is 6.41. The van der Waals surface area contributed by atoms with Crippen LogP contribution in [0.2, 0.25) is 0 Å². The first kappa shape index (κ1) is 14.6. The second-order valence-corrected chi connectivity index (χ2v) is 6.41. The summed E-state index contributed by atoms with van der Waals surface area (Å²) in [5, 5.41) is 0. The van der Waals surface area contributed by atoms with Gasteiger partial charge in [0.1, 0.15) is 7.05 Å². The first-order valence-electron chi connectivity index (χ1n) is 7.67. The van der Waals surface area contributed by atoms with Crippen LogP contribution in [0.15, 0.2) is 66.6 Å². The summed E-state index contributed by atoms with van der Waals surface area (Å²) < 4.78 is 2.04. The molecule has 1 aromatic heterocycles. The molecule has 22 heavy (non-hydrogen) atoms. The summed E-state index contributed by atoms with van der Waals surface area (Å²) in [5.74, 6) is 0. The maximum atomic E-state index is 2.30. The molecular formula is C20H23N2+. The highest BCUT2D eigenvalue weighted by molar-refractivity contribution is 5.70. The van der Waals surface area contributed by atoms with Gasteiger partial charge in [0, 0.05) is 36.0 Å². The topological polar surface area (TPSA) is 7.12 Å². The minimum absolute atomic E-state index is 0.0405. The van der Waals surface area contributed by atoms with E-state index in [9.17, 15) is 0 Å². The van der Waals surface area contributed by atoms with Crippen molar-refractivity contribution in [2.45, 2.75) is 19.3 Å². The third-order valence-electron chi connectivity index (χ3n) is 4.49. The first-order chi connectivity index (χ1) is 10.5. The van der Waals surface area contributed by atoms with E-state index in [1.165, 1.54) is 22.5 Å². The molecule has 0 atom stereocenters. The number of aryl methyl sites for hydroxylation is 1. The van der Waals surface area contributed by atoms with Gasteiger partial charge in [-0.15, -0.1) is 0 Å². The van der Waals surface area contributed by atoms with Crippen LogP contribution < -0.4 is 9.47 Å². The fourth-order valence-electron chi connectivity index (χ4n) is 3.18. The van der Waals surface area contributed by atoms with E-state index in [2.05, 4.69) is 92.8 Å². The molecule has 3 rings (SSSR count). The molecule has 2 heterocycles. The molecule has 0 spiro atoms. The molecule has 0 fully saturated rings. The summed E-state index contributed by atoms with van der Waals surface area (Å²) in [7, 11) is 4.18. The summed E-state index contributed by atoms with van der Waals surface area (Å²) >= 11 is 0. The van der Waals surface area contributed by atoms with E-state index in [1.54, 1.807) is 0 Å². The highest BCUT2D eigenvalue weighted by atomic mass is 15.2. The minimum Gasteiger partial charge on any atom is -0.347 e. The number of anilines is 1. The fraction of sp³-hybridized carbons (Fsp3) is 0.250. The summed E-state index contributed by atoms with van der Waals surface area (Å²) in [4.78, 5) is 2.30. The molecule has 0 unspecified atom stereocenters. The van der Waals surface area contributed by atoms with E-state index in [0.29, 0.717) is 0 Å². The van der Waals surface area contributed by atoms with Gasteiger partial charge in [-0.3, -0.25) is 0 Å². The normalized spacial score (nSPS) is 18.2. The summed E-state index contributed by atoms with van der Waals surface area (Å²) in [6, 6.07) is 12.9. The number of benzene rings is 1. The number of para-hydroxylation sites is 1. The van der Waals surface area contributed by atoms with Gasteiger partial charge in [0.15, 0.2) is 12.4 Å². The molecule has 2 nitrogen and oxygen atoms in total. The molecule has 0 amide bonds. The van der Waals surface area contributed by atoms with E-state index in [1.807, 2.05) is 11.6 Å². The predicted octanol–water partition coefficient (Wildman–Crippen LogP) is 3.84. The van der Waals surface area contributed by atoms with E-state index >= 15 is 0 Å². The molecule has 1 aliphatic rings. The Bertz CT molecular complexity index is 737. The van der Waals surface area contributed by atoms with Gasteiger partial charge >= 0.3 is 0 Å². The van der Waals surface area contributed by atoms with Gasteiger partial charge in [0.2, 0.25) is 0 Å². The van der Waals surface area contributed by atoms with Crippen molar-refractivity contribution in [2.75, 3.05) is 11.9 Å². The Balaban J connectivity index is 1.90. The largest absolute Gasteiger partial charge is 0.347 e. The molecule has 1 aromatic carbocycles. The second kappa shape index (κ2) is 5.45. The number of nitrogens with zero attached hydrogens (tertiary/aromatic N) is 2. The minimum atomic E-state index is 0.0405. The third-order valence-corrected chi connectivity index (χ3v) is 4.49. The quantitative estimate of drug-likeness (QED) is 0.763. The number of fused-ring (bicyclic) bond motifs is 1. The number of hydrogen-bond donors (Lipinski definition) is 0. The Kier molecular flexibility index (Phi) is 3.61. The lowest BCUT2D eigenvalue weighted by atomic mass is 9.84. The summed E-state index contributed by atoms with van der Waals surface area (Å²) in [6.45, 7) is 4.58. The van der Waals surface area contributed by atoms with Gasteiger partial charge in [0.25, 0.3) is 0 Å². The van der Waals surface area contributed by atoms with Crippen LogP contribution in [0.4, 0.5) is 5.69 Å². The van der Waals surface area contributed by atoms with E-state index in [4.69, 9.17) is 0 Å². The monoisotopic (exact) mass is 291 g/mol. The van der Waals surface area contributed by atoms with Crippen molar-refractivity contribution < 1.29 is 4.57 Å². The van der Waals surface area contributed by atoms with Crippen molar-refractivity contribution in [3.8, 4) is 0 Å². The maximum Gasteiger partial charge on any atom is 0.169 e. The van der Waals surface area contributed by atoms with E-state index in [-0.39, 0.29) is 5.41 Å². The highest BCUT2D eigenvalue weighted by Crippen LogP contribution is 2.46. The van der Waals surface area contributed by atoms with Crippen LogP contribution in [0.25, 0.3) is 6.08 Å². The number of rotatable bonds is 2.